The maximum atomic E-state index is 13.4. The highest BCUT2D eigenvalue weighted by Crippen LogP contribution is 2.30. The molecule has 0 aliphatic carbocycles. The van der Waals surface area contributed by atoms with E-state index in [0.29, 0.717) is 0 Å². The largest absolute Gasteiger partial charge is 0.289 e. The maximum Gasteiger partial charge on any atom is 0.194 e. The fraction of sp³-hybridized carbons (Fsp3) is 0. The van der Waals surface area contributed by atoms with E-state index in [2.05, 4.69) is 69.4 Å². The number of fused-ring (bicyclic) bond motifs is 2. The molecule has 0 amide bonds. The van der Waals surface area contributed by atoms with E-state index in [-0.39, 0.29) is 5.78 Å². The Morgan fingerprint density at radius 2 is 0.958 bits per heavy atom. The Hall–Kier alpha value is -1.47. The number of hydrogen-bond donors (Lipinski definition) is 0. The quantitative estimate of drug-likeness (QED) is 0.214. The molecule has 0 bridgehead atoms. The zero-order chi connectivity index (χ0) is 16.7. The first-order valence-corrected chi connectivity index (χ1v) is 9.72. The van der Waals surface area contributed by atoms with Crippen LogP contribution in [0.15, 0.2) is 72.8 Å². The molecule has 0 aromatic heterocycles. The fourth-order valence-corrected chi connectivity index (χ4v) is 4.73. The van der Waals surface area contributed by atoms with Gasteiger partial charge in [-0.05, 0) is 68.1 Å². The fourth-order valence-electron chi connectivity index (χ4n) is 3.11. The third-order valence-corrected chi connectivity index (χ3v) is 5.99. The Bertz CT molecular complexity index is 1000. The second-order valence-electron chi connectivity index (χ2n) is 5.62. The van der Waals surface area contributed by atoms with Crippen LogP contribution in [-0.4, -0.2) is 5.78 Å². The van der Waals surface area contributed by atoms with Crippen molar-refractivity contribution in [1.29, 1.82) is 0 Å². The van der Waals surface area contributed by atoms with Gasteiger partial charge in [0.05, 0.1) is 0 Å². The Morgan fingerprint density at radius 3 is 1.38 bits per heavy atom. The zero-order valence-electron chi connectivity index (χ0n) is 12.6. The smallest absolute Gasteiger partial charge is 0.194 e. The second-order valence-corrected chi connectivity index (χ2v) is 7.94. The minimum atomic E-state index is 0.0828. The van der Waals surface area contributed by atoms with Gasteiger partial charge in [-0.1, -0.05) is 60.7 Å². The van der Waals surface area contributed by atoms with Crippen LogP contribution in [0.3, 0.4) is 0 Å². The van der Waals surface area contributed by atoms with Gasteiger partial charge in [0.25, 0.3) is 0 Å². The molecule has 116 valence electrons. The number of carbonyl (C=O) groups excluding carboxylic acids is 1. The van der Waals surface area contributed by atoms with Crippen LogP contribution < -0.4 is 0 Å². The third-order valence-electron chi connectivity index (χ3n) is 4.20. The highest BCUT2D eigenvalue weighted by atomic mass is 127. The molecule has 0 fully saturated rings. The molecule has 4 aromatic carbocycles. The van der Waals surface area contributed by atoms with Crippen molar-refractivity contribution in [3.63, 3.8) is 0 Å². The van der Waals surface area contributed by atoms with Crippen LogP contribution in [0.5, 0.6) is 0 Å². The molecule has 0 N–H and O–H groups in total. The lowest BCUT2D eigenvalue weighted by Gasteiger charge is -2.11. The molecule has 0 spiro atoms. The van der Waals surface area contributed by atoms with E-state index in [1.807, 2.05) is 48.5 Å². The molecule has 0 atom stereocenters. The molecular formula is C21H12I2O. The summed E-state index contributed by atoms with van der Waals surface area (Å²) in [5.74, 6) is 0.0828. The lowest BCUT2D eigenvalue weighted by molar-refractivity contribution is 0.104. The van der Waals surface area contributed by atoms with Crippen molar-refractivity contribution < 1.29 is 4.79 Å². The van der Waals surface area contributed by atoms with E-state index in [1.54, 1.807) is 0 Å². The van der Waals surface area contributed by atoms with E-state index < -0.39 is 0 Å². The monoisotopic (exact) mass is 534 g/mol. The first-order chi connectivity index (χ1) is 11.7. The summed E-state index contributed by atoms with van der Waals surface area (Å²) in [6.45, 7) is 0. The third kappa shape index (κ3) is 2.63. The molecule has 4 rings (SSSR count). The summed E-state index contributed by atoms with van der Waals surface area (Å²) in [5.41, 5.74) is 1.54. The van der Waals surface area contributed by atoms with Gasteiger partial charge >= 0.3 is 0 Å². The zero-order valence-corrected chi connectivity index (χ0v) is 16.9. The number of halogens is 2. The predicted octanol–water partition coefficient (Wildman–Crippen LogP) is 6.43. The summed E-state index contributed by atoms with van der Waals surface area (Å²) in [6, 6.07) is 24.2. The maximum absolute atomic E-state index is 13.4. The van der Waals surface area contributed by atoms with Gasteiger partial charge in [0.1, 0.15) is 0 Å². The summed E-state index contributed by atoms with van der Waals surface area (Å²) >= 11 is 4.61. The molecule has 0 aliphatic heterocycles. The number of benzene rings is 4. The van der Waals surface area contributed by atoms with Gasteiger partial charge in [-0.3, -0.25) is 4.79 Å². The molecule has 0 saturated carbocycles. The molecule has 0 saturated heterocycles. The minimum absolute atomic E-state index is 0.0828. The Kier molecular flexibility index (Phi) is 4.30. The predicted molar refractivity (Wildman–Crippen MR) is 117 cm³/mol. The highest BCUT2D eigenvalue weighted by molar-refractivity contribution is 14.1. The summed E-state index contributed by atoms with van der Waals surface area (Å²) in [4.78, 5) is 13.4. The molecule has 0 heterocycles. The van der Waals surface area contributed by atoms with Crippen LogP contribution in [-0.2, 0) is 0 Å². The normalized spacial score (nSPS) is 11.1. The van der Waals surface area contributed by atoms with Crippen molar-refractivity contribution in [3.8, 4) is 0 Å². The van der Waals surface area contributed by atoms with E-state index in [9.17, 15) is 4.79 Å². The van der Waals surface area contributed by atoms with Crippen molar-refractivity contribution in [2.24, 2.45) is 0 Å². The highest BCUT2D eigenvalue weighted by Gasteiger charge is 2.17. The SMILES string of the molecule is O=C(c1cccc2cccc(I)c12)c1cccc2cccc(I)c12. The Balaban J connectivity index is 2.02. The van der Waals surface area contributed by atoms with Crippen molar-refractivity contribution in [1.82, 2.24) is 0 Å². The number of carbonyl (C=O) groups is 1. The van der Waals surface area contributed by atoms with Crippen LogP contribution >= 0.6 is 45.2 Å². The molecule has 1 nitrogen and oxygen atoms in total. The van der Waals surface area contributed by atoms with Crippen LogP contribution in [0, 0.1) is 7.14 Å². The van der Waals surface area contributed by atoms with E-state index in [1.165, 1.54) is 0 Å². The standard InChI is InChI=1S/C21H12I2O/c22-17-11-3-7-13-5-1-9-15(19(13)17)21(24)16-10-2-6-14-8-4-12-18(23)20(14)16/h1-12H. The number of rotatable bonds is 2. The van der Waals surface area contributed by atoms with Crippen LogP contribution in [0.25, 0.3) is 21.5 Å². The molecule has 0 radical (unpaired) electrons. The Morgan fingerprint density at radius 1 is 0.583 bits per heavy atom. The van der Waals surface area contributed by atoms with Gasteiger partial charge in [-0.2, -0.15) is 0 Å². The molecular weight excluding hydrogens is 522 g/mol. The van der Waals surface area contributed by atoms with Crippen LogP contribution in [0.2, 0.25) is 0 Å². The number of hydrogen-bond acceptors (Lipinski definition) is 1. The van der Waals surface area contributed by atoms with Gasteiger partial charge in [0.15, 0.2) is 5.78 Å². The number of ketones is 1. The van der Waals surface area contributed by atoms with E-state index in [4.69, 9.17) is 0 Å². The first kappa shape index (κ1) is 16.0. The molecule has 24 heavy (non-hydrogen) atoms. The summed E-state index contributed by atoms with van der Waals surface area (Å²) in [6.07, 6.45) is 0. The van der Waals surface area contributed by atoms with E-state index >= 15 is 0 Å². The molecule has 4 aromatic rings. The molecule has 0 aliphatic rings. The topological polar surface area (TPSA) is 17.1 Å². The van der Waals surface area contributed by atoms with Gasteiger partial charge in [-0.15, -0.1) is 0 Å². The average molecular weight is 534 g/mol. The van der Waals surface area contributed by atoms with Crippen molar-refractivity contribution in [3.05, 3.63) is 91.1 Å². The van der Waals surface area contributed by atoms with Gasteiger partial charge in [0.2, 0.25) is 0 Å². The second kappa shape index (κ2) is 6.44. The minimum Gasteiger partial charge on any atom is -0.289 e. The molecule has 0 unspecified atom stereocenters. The summed E-state index contributed by atoms with van der Waals surface area (Å²) < 4.78 is 2.20. The summed E-state index contributed by atoms with van der Waals surface area (Å²) in [5, 5.41) is 4.27. The van der Waals surface area contributed by atoms with E-state index in [0.717, 1.165) is 39.8 Å². The van der Waals surface area contributed by atoms with Gasteiger partial charge < -0.3 is 0 Å². The molecule has 3 heteroatoms. The lowest BCUT2D eigenvalue weighted by Crippen LogP contribution is -2.04. The van der Waals surface area contributed by atoms with Crippen molar-refractivity contribution in [2.45, 2.75) is 0 Å². The average Bonchev–Trinajstić information content (AvgIpc) is 2.61. The summed E-state index contributed by atoms with van der Waals surface area (Å²) in [7, 11) is 0. The van der Waals surface area contributed by atoms with Gasteiger partial charge in [0, 0.05) is 29.0 Å². The van der Waals surface area contributed by atoms with Crippen LogP contribution in [0.1, 0.15) is 15.9 Å². The van der Waals surface area contributed by atoms with Gasteiger partial charge in [-0.25, -0.2) is 0 Å². The van der Waals surface area contributed by atoms with Crippen LogP contribution in [0.4, 0.5) is 0 Å². The van der Waals surface area contributed by atoms with Crippen molar-refractivity contribution >= 4 is 72.5 Å². The Labute approximate surface area is 167 Å². The lowest BCUT2D eigenvalue weighted by atomic mass is 9.94. The first-order valence-electron chi connectivity index (χ1n) is 7.56. The van der Waals surface area contributed by atoms with Crippen molar-refractivity contribution in [2.75, 3.05) is 0 Å².